The number of nitriles is 1. The summed E-state index contributed by atoms with van der Waals surface area (Å²) in [6.07, 6.45) is 0.249. The van der Waals surface area contributed by atoms with Crippen LogP contribution >= 0.6 is 0 Å². The lowest BCUT2D eigenvalue weighted by Gasteiger charge is -2.08. The molecule has 0 aliphatic rings. The fraction of sp³-hybridized carbons (Fsp3) is 0.462. The summed E-state index contributed by atoms with van der Waals surface area (Å²) in [4.78, 5) is 0. The molecule has 1 aromatic carbocycles. The fourth-order valence-electron chi connectivity index (χ4n) is 1.21. The van der Waals surface area contributed by atoms with Gasteiger partial charge in [-0.25, -0.2) is 0 Å². The smallest absolute Gasteiger partial charge is 0.0991 e. The third kappa shape index (κ3) is 4.92. The van der Waals surface area contributed by atoms with Crippen LogP contribution in [0.15, 0.2) is 24.3 Å². The topological polar surface area (TPSA) is 42.2 Å². The van der Waals surface area contributed by atoms with Gasteiger partial charge in [0.15, 0.2) is 0 Å². The van der Waals surface area contributed by atoms with E-state index >= 15 is 0 Å². The molecule has 86 valence electrons. The number of ether oxygens (including phenoxy) is 2. The van der Waals surface area contributed by atoms with E-state index in [-0.39, 0.29) is 6.10 Å². The summed E-state index contributed by atoms with van der Waals surface area (Å²) < 4.78 is 10.8. The molecule has 16 heavy (non-hydrogen) atoms. The van der Waals surface area contributed by atoms with Crippen LogP contribution in [0.3, 0.4) is 0 Å². The average molecular weight is 219 g/mol. The van der Waals surface area contributed by atoms with Crippen LogP contribution in [0.2, 0.25) is 0 Å². The molecule has 0 spiro atoms. The van der Waals surface area contributed by atoms with Crippen LogP contribution in [0.25, 0.3) is 0 Å². The predicted octanol–water partition coefficient (Wildman–Crippen LogP) is 2.50. The van der Waals surface area contributed by atoms with Crippen molar-refractivity contribution in [3.05, 3.63) is 35.4 Å². The van der Waals surface area contributed by atoms with Gasteiger partial charge in [-0.2, -0.15) is 5.26 Å². The molecule has 0 aromatic heterocycles. The molecular formula is C13H17NO2. The molecule has 0 bridgehead atoms. The molecule has 0 fully saturated rings. The fourth-order valence-corrected chi connectivity index (χ4v) is 1.21. The molecule has 0 amide bonds. The van der Waals surface area contributed by atoms with E-state index in [2.05, 4.69) is 6.07 Å². The molecule has 0 N–H and O–H groups in total. The highest BCUT2D eigenvalue weighted by molar-refractivity contribution is 5.31. The first-order valence-electron chi connectivity index (χ1n) is 5.40. The third-order valence-electron chi connectivity index (χ3n) is 2.03. The van der Waals surface area contributed by atoms with E-state index in [1.165, 1.54) is 0 Å². The first-order chi connectivity index (χ1) is 7.72. The Morgan fingerprint density at radius 3 is 2.44 bits per heavy atom. The van der Waals surface area contributed by atoms with Crippen molar-refractivity contribution in [2.75, 3.05) is 13.2 Å². The quantitative estimate of drug-likeness (QED) is 0.690. The number of hydrogen-bond donors (Lipinski definition) is 0. The minimum atomic E-state index is 0.249. The van der Waals surface area contributed by atoms with Crippen LogP contribution in [0.5, 0.6) is 0 Å². The highest BCUT2D eigenvalue weighted by Crippen LogP contribution is 2.04. The summed E-state index contributed by atoms with van der Waals surface area (Å²) in [5.74, 6) is 0. The van der Waals surface area contributed by atoms with Crippen LogP contribution in [-0.2, 0) is 16.1 Å². The average Bonchev–Trinajstić information content (AvgIpc) is 2.29. The van der Waals surface area contributed by atoms with E-state index in [0.29, 0.717) is 25.4 Å². The van der Waals surface area contributed by atoms with Gasteiger partial charge in [0.05, 0.1) is 37.6 Å². The molecule has 0 aliphatic carbocycles. The van der Waals surface area contributed by atoms with E-state index in [4.69, 9.17) is 14.7 Å². The Morgan fingerprint density at radius 2 is 1.88 bits per heavy atom. The molecule has 0 heterocycles. The van der Waals surface area contributed by atoms with Crippen molar-refractivity contribution in [2.24, 2.45) is 0 Å². The van der Waals surface area contributed by atoms with Crippen molar-refractivity contribution in [1.82, 2.24) is 0 Å². The van der Waals surface area contributed by atoms with Crippen molar-refractivity contribution in [3.63, 3.8) is 0 Å². The monoisotopic (exact) mass is 219 g/mol. The van der Waals surface area contributed by atoms with Gasteiger partial charge in [-0.1, -0.05) is 12.1 Å². The van der Waals surface area contributed by atoms with E-state index in [1.54, 1.807) is 12.1 Å². The molecular weight excluding hydrogens is 202 g/mol. The Morgan fingerprint density at radius 1 is 1.19 bits per heavy atom. The lowest BCUT2D eigenvalue weighted by atomic mass is 10.2. The van der Waals surface area contributed by atoms with Crippen LogP contribution < -0.4 is 0 Å². The minimum Gasteiger partial charge on any atom is -0.376 e. The molecule has 3 heteroatoms. The highest BCUT2D eigenvalue weighted by Gasteiger charge is 1.96. The maximum Gasteiger partial charge on any atom is 0.0991 e. The molecule has 3 nitrogen and oxygen atoms in total. The van der Waals surface area contributed by atoms with Crippen molar-refractivity contribution in [3.8, 4) is 6.07 Å². The summed E-state index contributed by atoms with van der Waals surface area (Å²) in [7, 11) is 0. The van der Waals surface area contributed by atoms with Gasteiger partial charge in [0.25, 0.3) is 0 Å². The van der Waals surface area contributed by atoms with Gasteiger partial charge in [-0.05, 0) is 31.5 Å². The van der Waals surface area contributed by atoms with Crippen molar-refractivity contribution in [2.45, 2.75) is 26.6 Å². The van der Waals surface area contributed by atoms with E-state index in [1.807, 2.05) is 26.0 Å². The third-order valence-corrected chi connectivity index (χ3v) is 2.03. The number of benzene rings is 1. The first kappa shape index (κ1) is 12.7. The Balaban J connectivity index is 2.20. The van der Waals surface area contributed by atoms with Crippen LogP contribution in [0.4, 0.5) is 0 Å². The van der Waals surface area contributed by atoms with Gasteiger partial charge >= 0.3 is 0 Å². The zero-order valence-corrected chi connectivity index (χ0v) is 9.77. The predicted molar refractivity (Wildman–Crippen MR) is 61.9 cm³/mol. The second kappa shape index (κ2) is 7.00. The zero-order chi connectivity index (χ0) is 11.8. The number of rotatable bonds is 6. The molecule has 0 radical (unpaired) electrons. The second-order valence-corrected chi connectivity index (χ2v) is 3.78. The summed E-state index contributed by atoms with van der Waals surface area (Å²) in [6.45, 7) is 5.78. The Kier molecular flexibility index (Phi) is 5.55. The molecule has 0 unspecified atom stereocenters. The van der Waals surface area contributed by atoms with Crippen LogP contribution in [0, 0.1) is 11.3 Å². The van der Waals surface area contributed by atoms with E-state index in [9.17, 15) is 0 Å². The van der Waals surface area contributed by atoms with E-state index in [0.717, 1.165) is 5.56 Å². The van der Waals surface area contributed by atoms with Crippen molar-refractivity contribution >= 4 is 0 Å². The summed E-state index contributed by atoms with van der Waals surface area (Å²) in [5, 5.41) is 8.63. The largest absolute Gasteiger partial charge is 0.376 e. The molecule has 0 saturated heterocycles. The highest BCUT2D eigenvalue weighted by atomic mass is 16.5. The van der Waals surface area contributed by atoms with Gasteiger partial charge in [0.1, 0.15) is 0 Å². The summed E-state index contributed by atoms with van der Waals surface area (Å²) in [5.41, 5.74) is 1.75. The molecule has 1 aromatic rings. The second-order valence-electron chi connectivity index (χ2n) is 3.78. The van der Waals surface area contributed by atoms with Crippen LogP contribution in [0.1, 0.15) is 25.0 Å². The number of hydrogen-bond acceptors (Lipinski definition) is 3. The summed E-state index contributed by atoms with van der Waals surface area (Å²) in [6, 6.07) is 9.48. The van der Waals surface area contributed by atoms with Crippen molar-refractivity contribution in [1.29, 1.82) is 5.26 Å². The molecule has 0 atom stereocenters. The van der Waals surface area contributed by atoms with Crippen LogP contribution in [-0.4, -0.2) is 19.3 Å². The Bertz CT molecular complexity index is 338. The standard InChI is InChI=1S/C13H17NO2/c1-11(2)16-8-7-15-10-13-5-3-12(9-14)4-6-13/h3-6,11H,7-8,10H2,1-2H3. The molecule has 1 rings (SSSR count). The zero-order valence-electron chi connectivity index (χ0n) is 9.77. The first-order valence-corrected chi connectivity index (χ1v) is 5.40. The lowest BCUT2D eigenvalue weighted by Crippen LogP contribution is -2.09. The van der Waals surface area contributed by atoms with E-state index < -0.39 is 0 Å². The summed E-state index contributed by atoms with van der Waals surface area (Å²) >= 11 is 0. The maximum atomic E-state index is 8.63. The number of nitrogens with zero attached hydrogens (tertiary/aromatic N) is 1. The van der Waals surface area contributed by atoms with Gasteiger partial charge in [0, 0.05) is 0 Å². The van der Waals surface area contributed by atoms with Gasteiger partial charge in [-0.15, -0.1) is 0 Å². The normalized spacial score (nSPS) is 10.4. The Hall–Kier alpha value is -1.37. The molecule has 0 aliphatic heterocycles. The SMILES string of the molecule is CC(C)OCCOCc1ccc(C#N)cc1. The van der Waals surface area contributed by atoms with Gasteiger partial charge < -0.3 is 9.47 Å². The Labute approximate surface area is 96.6 Å². The van der Waals surface area contributed by atoms with Crippen molar-refractivity contribution < 1.29 is 9.47 Å². The lowest BCUT2D eigenvalue weighted by molar-refractivity contribution is 0.0143. The van der Waals surface area contributed by atoms with Gasteiger partial charge in [0.2, 0.25) is 0 Å². The van der Waals surface area contributed by atoms with Gasteiger partial charge in [-0.3, -0.25) is 0 Å². The maximum absolute atomic E-state index is 8.63. The minimum absolute atomic E-state index is 0.249. The molecule has 0 saturated carbocycles.